The van der Waals surface area contributed by atoms with Crippen LogP contribution in [0.25, 0.3) is 0 Å². The number of aromatic nitrogens is 2. The lowest BCUT2D eigenvalue weighted by atomic mass is 9.83. The third kappa shape index (κ3) is 3.37. The molecule has 156 valence electrons. The van der Waals surface area contributed by atoms with E-state index in [0.29, 0.717) is 50.4 Å². The first-order valence-electron chi connectivity index (χ1n) is 9.79. The molecule has 2 aromatic rings. The van der Waals surface area contributed by atoms with Crippen molar-refractivity contribution in [2.75, 3.05) is 38.3 Å². The van der Waals surface area contributed by atoms with Gasteiger partial charge < -0.3 is 4.74 Å². The number of methoxy groups -OCH3 is 1. The number of piperidine rings is 1. The maximum atomic E-state index is 13.1. The molecule has 0 radical (unpaired) electrons. The van der Waals surface area contributed by atoms with E-state index in [-0.39, 0.29) is 5.91 Å². The lowest BCUT2D eigenvalue weighted by molar-refractivity contribution is -0.122. The predicted molar refractivity (Wildman–Crippen MR) is 108 cm³/mol. The summed E-state index contributed by atoms with van der Waals surface area (Å²) in [4.78, 5) is 14.9. The van der Waals surface area contributed by atoms with Crippen molar-refractivity contribution < 1.29 is 17.9 Å². The van der Waals surface area contributed by atoms with Gasteiger partial charge in [0.2, 0.25) is 15.9 Å². The minimum Gasteiger partial charge on any atom is -0.383 e. The van der Waals surface area contributed by atoms with Gasteiger partial charge in [-0.1, -0.05) is 18.2 Å². The number of rotatable bonds is 5. The van der Waals surface area contributed by atoms with E-state index >= 15 is 0 Å². The number of benzene rings is 1. The van der Waals surface area contributed by atoms with E-state index in [9.17, 15) is 13.2 Å². The smallest absolute Gasteiger partial charge is 0.243 e. The third-order valence-electron chi connectivity index (χ3n) is 6.01. The summed E-state index contributed by atoms with van der Waals surface area (Å²) in [6.45, 7) is 3.46. The van der Waals surface area contributed by atoms with Crippen LogP contribution in [-0.4, -0.2) is 61.8 Å². The van der Waals surface area contributed by atoms with Gasteiger partial charge in [0.1, 0.15) is 5.82 Å². The molecule has 1 amide bonds. The molecule has 1 fully saturated rings. The number of fused-ring (bicyclic) bond motifs is 2. The van der Waals surface area contributed by atoms with E-state index in [1.54, 1.807) is 30.3 Å². The number of sulfonamides is 1. The van der Waals surface area contributed by atoms with Crippen LogP contribution in [0.2, 0.25) is 0 Å². The van der Waals surface area contributed by atoms with Crippen LogP contribution < -0.4 is 4.90 Å². The molecule has 1 aromatic carbocycles. The van der Waals surface area contributed by atoms with Crippen molar-refractivity contribution in [1.82, 2.24) is 14.1 Å². The Hall–Kier alpha value is -2.23. The Morgan fingerprint density at radius 1 is 1.17 bits per heavy atom. The number of hydrogen-bond acceptors (Lipinski definition) is 5. The van der Waals surface area contributed by atoms with E-state index < -0.39 is 15.6 Å². The number of anilines is 1. The molecule has 8 nitrogen and oxygen atoms in total. The molecule has 2 aliphatic rings. The maximum absolute atomic E-state index is 13.1. The Kier molecular flexibility index (Phi) is 5.22. The van der Waals surface area contributed by atoms with E-state index in [4.69, 9.17) is 4.74 Å². The van der Waals surface area contributed by atoms with Gasteiger partial charge in [0, 0.05) is 26.3 Å². The van der Waals surface area contributed by atoms with Crippen LogP contribution in [-0.2, 0) is 25.1 Å². The third-order valence-corrected chi connectivity index (χ3v) is 8.07. The molecule has 9 heteroatoms. The Bertz CT molecular complexity index is 1010. The number of hydrogen-bond donors (Lipinski definition) is 0. The minimum absolute atomic E-state index is 0.0326. The molecule has 0 N–H and O–H groups in total. The van der Waals surface area contributed by atoms with Crippen molar-refractivity contribution in [3.63, 3.8) is 0 Å². The summed E-state index contributed by atoms with van der Waals surface area (Å²) >= 11 is 0. The number of ether oxygens (including phenoxy) is 1. The highest BCUT2D eigenvalue weighted by atomic mass is 32.2. The second-order valence-corrected chi connectivity index (χ2v) is 9.62. The van der Waals surface area contributed by atoms with Crippen molar-refractivity contribution in [2.24, 2.45) is 0 Å². The molecular formula is C20H26N4O4S. The van der Waals surface area contributed by atoms with Crippen LogP contribution in [0.1, 0.15) is 24.8 Å². The van der Waals surface area contributed by atoms with Crippen molar-refractivity contribution in [1.29, 1.82) is 0 Å². The molecule has 0 bridgehead atoms. The Morgan fingerprint density at radius 3 is 2.59 bits per heavy atom. The minimum atomic E-state index is -3.56. The van der Waals surface area contributed by atoms with E-state index in [2.05, 4.69) is 5.10 Å². The molecule has 3 heterocycles. The lowest BCUT2D eigenvalue weighted by Crippen LogP contribution is -2.55. The second-order valence-electron chi connectivity index (χ2n) is 7.71. The van der Waals surface area contributed by atoms with Crippen molar-refractivity contribution in [3.05, 3.63) is 42.1 Å². The number of carbonyl (C=O) groups excluding carboxylic acids is 1. The molecule has 0 atom stereocenters. The summed E-state index contributed by atoms with van der Waals surface area (Å²) in [7, 11) is -1.95. The number of aryl methyl sites for hydroxylation is 1. The fourth-order valence-electron chi connectivity index (χ4n) is 4.38. The summed E-state index contributed by atoms with van der Waals surface area (Å²) in [6.07, 6.45) is 3.13. The van der Waals surface area contributed by atoms with Crippen molar-refractivity contribution in [2.45, 2.75) is 36.6 Å². The van der Waals surface area contributed by atoms with Gasteiger partial charge in [0.25, 0.3) is 0 Å². The quantitative estimate of drug-likeness (QED) is 0.739. The van der Waals surface area contributed by atoms with Crippen LogP contribution in [0.5, 0.6) is 0 Å². The van der Waals surface area contributed by atoms with Crippen LogP contribution in [0, 0.1) is 6.92 Å². The van der Waals surface area contributed by atoms with Gasteiger partial charge in [-0.25, -0.2) is 13.1 Å². The standard InChI is InChI=1S/C20H26N4O4S/c1-16-5-3-4-6-17(16)29(26,27)22-11-8-20(9-12-22)15-19(25)23(13-14-28-2)18-7-10-21-24(18)20/h3-7,10H,8-9,11-15H2,1-2H3. The SMILES string of the molecule is COCCN1C(=O)CC2(CCN(S(=O)(=O)c3ccccc3C)CC2)n2nccc21. The van der Waals surface area contributed by atoms with Crippen molar-refractivity contribution >= 4 is 21.7 Å². The topological polar surface area (TPSA) is 84.7 Å². The van der Waals surface area contributed by atoms with Crippen LogP contribution in [0.4, 0.5) is 5.82 Å². The van der Waals surface area contributed by atoms with E-state index in [0.717, 1.165) is 11.4 Å². The van der Waals surface area contributed by atoms with Crippen LogP contribution >= 0.6 is 0 Å². The molecule has 29 heavy (non-hydrogen) atoms. The van der Waals surface area contributed by atoms with Crippen molar-refractivity contribution in [3.8, 4) is 0 Å². The molecule has 4 rings (SSSR count). The van der Waals surface area contributed by atoms with Gasteiger partial charge >= 0.3 is 0 Å². The second kappa shape index (κ2) is 7.55. The molecule has 0 unspecified atom stereocenters. The molecule has 2 aliphatic heterocycles. The first-order chi connectivity index (χ1) is 13.9. The Morgan fingerprint density at radius 2 is 1.90 bits per heavy atom. The van der Waals surface area contributed by atoms with Gasteiger partial charge in [-0.05, 0) is 31.4 Å². The normalized spacial score (nSPS) is 19.5. The Labute approximate surface area is 171 Å². The van der Waals surface area contributed by atoms with Crippen LogP contribution in [0.15, 0.2) is 41.4 Å². The largest absolute Gasteiger partial charge is 0.383 e. The first-order valence-corrected chi connectivity index (χ1v) is 11.2. The highest BCUT2D eigenvalue weighted by Gasteiger charge is 2.47. The average Bonchev–Trinajstić information content (AvgIpc) is 3.19. The zero-order chi connectivity index (χ0) is 20.6. The molecular weight excluding hydrogens is 392 g/mol. The van der Waals surface area contributed by atoms with Gasteiger partial charge in [-0.15, -0.1) is 0 Å². The molecule has 1 spiro atoms. The summed E-state index contributed by atoms with van der Waals surface area (Å²) in [6, 6.07) is 8.88. The van der Waals surface area contributed by atoms with Gasteiger partial charge in [-0.3, -0.25) is 9.69 Å². The molecule has 0 aliphatic carbocycles. The molecule has 1 saturated heterocycles. The monoisotopic (exact) mass is 418 g/mol. The first kappa shape index (κ1) is 20.1. The van der Waals surface area contributed by atoms with Gasteiger partial charge in [0.15, 0.2) is 0 Å². The fraction of sp³-hybridized carbons (Fsp3) is 0.500. The average molecular weight is 419 g/mol. The van der Waals surface area contributed by atoms with Gasteiger partial charge in [0.05, 0.1) is 36.2 Å². The summed E-state index contributed by atoms with van der Waals surface area (Å²) in [5, 5.41) is 4.50. The molecule has 1 aromatic heterocycles. The zero-order valence-corrected chi connectivity index (χ0v) is 17.6. The van der Waals surface area contributed by atoms with E-state index in [1.165, 1.54) is 4.31 Å². The maximum Gasteiger partial charge on any atom is 0.243 e. The number of amides is 1. The van der Waals surface area contributed by atoms with Gasteiger partial charge in [-0.2, -0.15) is 9.40 Å². The fourth-order valence-corrected chi connectivity index (χ4v) is 6.05. The molecule has 0 saturated carbocycles. The number of nitrogens with zero attached hydrogens (tertiary/aromatic N) is 4. The predicted octanol–water partition coefficient (Wildman–Crippen LogP) is 1.75. The summed E-state index contributed by atoms with van der Waals surface area (Å²) < 4.78 is 34.8. The van der Waals surface area contributed by atoms with Crippen LogP contribution in [0.3, 0.4) is 0 Å². The Balaban J connectivity index is 1.58. The highest BCUT2D eigenvalue weighted by Crippen LogP contribution is 2.41. The number of carbonyl (C=O) groups is 1. The lowest BCUT2D eigenvalue weighted by Gasteiger charge is -2.46. The van der Waals surface area contributed by atoms with E-state index in [1.807, 2.05) is 29.8 Å². The highest BCUT2D eigenvalue weighted by molar-refractivity contribution is 7.89. The summed E-state index contributed by atoms with van der Waals surface area (Å²) in [5.74, 6) is 0.791. The summed E-state index contributed by atoms with van der Waals surface area (Å²) in [5.41, 5.74) is 0.265. The zero-order valence-electron chi connectivity index (χ0n) is 16.7.